The summed E-state index contributed by atoms with van der Waals surface area (Å²) in [6, 6.07) is 5.79. The normalized spacial score (nSPS) is 11.2. The molecule has 0 aliphatic rings. The monoisotopic (exact) mass is 295 g/mol. The van der Waals surface area contributed by atoms with Crippen LogP contribution in [0, 0.1) is 23.6 Å². The third-order valence-electron chi connectivity index (χ3n) is 3.66. The fourth-order valence-electron chi connectivity index (χ4n) is 2.35. The molecule has 0 bridgehead atoms. The Labute approximate surface area is 126 Å². The van der Waals surface area contributed by atoms with E-state index in [1.54, 1.807) is 12.1 Å². The summed E-state index contributed by atoms with van der Waals surface area (Å²) >= 11 is 0. The quantitative estimate of drug-likeness (QED) is 0.795. The first kappa shape index (κ1) is 17.5. The summed E-state index contributed by atoms with van der Waals surface area (Å²) in [4.78, 5) is 11.8. The largest absolute Gasteiger partial charge is 0.493 e. The van der Waals surface area contributed by atoms with Crippen LogP contribution in [0.1, 0.15) is 34.1 Å². The Kier molecular flexibility index (Phi) is 7.20. The summed E-state index contributed by atoms with van der Waals surface area (Å²) in [5, 5.41) is 2.96. The maximum Gasteiger partial charge on any atom is 0.223 e. The number of carbonyl (C=O) groups excluding carboxylic acids is 1. The molecule has 0 aromatic heterocycles. The summed E-state index contributed by atoms with van der Waals surface area (Å²) in [5.41, 5.74) is 0. The van der Waals surface area contributed by atoms with Gasteiger partial charge in [0, 0.05) is 6.54 Å². The van der Waals surface area contributed by atoms with E-state index < -0.39 is 0 Å². The number of amides is 1. The molecule has 21 heavy (non-hydrogen) atoms. The highest BCUT2D eigenvalue weighted by Crippen LogP contribution is 2.19. The van der Waals surface area contributed by atoms with E-state index in [0.717, 1.165) is 0 Å². The molecule has 0 heterocycles. The summed E-state index contributed by atoms with van der Waals surface area (Å²) in [5.74, 6) is 1.83. The third-order valence-corrected chi connectivity index (χ3v) is 3.66. The zero-order chi connectivity index (χ0) is 15.8. The summed E-state index contributed by atoms with van der Waals surface area (Å²) in [6.45, 7) is 9.70. The van der Waals surface area contributed by atoms with Gasteiger partial charge in [0.15, 0.2) is 0 Å². The summed E-state index contributed by atoms with van der Waals surface area (Å²) in [6.07, 6.45) is 0.306. The Hall–Kier alpha value is -1.58. The first-order valence-electron chi connectivity index (χ1n) is 7.55. The van der Waals surface area contributed by atoms with Gasteiger partial charge in [-0.2, -0.15) is 0 Å². The highest BCUT2D eigenvalue weighted by atomic mass is 19.1. The minimum atomic E-state index is -0.298. The Balaban J connectivity index is 2.26. The fourth-order valence-corrected chi connectivity index (χ4v) is 2.35. The zero-order valence-corrected chi connectivity index (χ0v) is 13.4. The third kappa shape index (κ3) is 6.61. The van der Waals surface area contributed by atoms with Crippen LogP contribution in [-0.2, 0) is 4.79 Å². The molecule has 1 aromatic carbocycles. The predicted octanol–water partition coefficient (Wildman–Crippen LogP) is 3.64. The van der Waals surface area contributed by atoms with Crippen LogP contribution < -0.4 is 10.1 Å². The van der Waals surface area contributed by atoms with Crippen molar-refractivity contribution in [2.45, 2.75) is 34.1 Å². The van der Waals surface area contributed by atoms with Crippen molar-refractivity contribution in [3.05, 3.63) is 30.1 Å². The molecule has 0 saturated carbocycles. The van der Waals surface area contributed by atoms with E-state index in [4.69, 9.17) is 4.74 Å². The van der Waals surface area contributed by atoms with Gasteiger partial charge >= 0.3 is 0 Å². The second kappa shape index (κ2) is 8.65. The van der Waals surface area contributed by atoms with Gasteiger partial charge in [-0.1, -0.05) is 27.7 Å². The Bertz CT molecular complexity index is 421. The van der Waals surface area contributed by atoms with Gasteiger partial charge in [0.1, 0.15) is 11.6 Å². The summed E-state index contributed by atoms with van der Waals surface area (Å²) in [7, 11) is 0. The fraction of sp³-hybridized carbons (Fsp3) is 0.588. The molecule has 0 aliphatic carbocycles. The molecule has 1 amide bonds. The lowest BCUT2D eigenvalue weighted by Crippen LogP contribution is -2.34. The molecule has 0 unspecified atom stereocenters. The second-order valence-electron chi connectivity index (χ2n) is 6.01. The number of benzene rings is 1. The molecule has 3 nitrogen and oxygen atoms in total. The molecule has 118 valence electrons. The van der Waals surface area contributed by atoms with Gasteiger partial charge in [-0.3, -0.25) is 4.79 Å². The Morgan fingerprint density at radius 2 is 1.71 bits per heavy atom. The molecular formula is C17H26FNO2. The van der Waals surface area contributed by atoms with Crippen LogP contribution in [0.2, 0.25) is 0 Å². The molecule has 0 fully saturated rings. The lowest BCUT2D eigenvalue weighted by atomic mass is 9.85. The Morgan fingerprint density at radius 1 is 1.14 bits per heavy atom. The van der Waals surface area contributed by atoms with Crippen molar-refractivity contribution < 1.29 is 13.9 Å². The van der Waals surface area contributed by atoms with Crippen LogP contribution >= 0.6 is 0 Å². The van der Waals surface area contributed by atoms with Crippen molar-refractivity contribution in [3.63, 3.8) is 0 Å². The smallest absolute Gasteiger partial charge is 0.223 e. The predicted molar refractivity (Wildman–Crippen MR) is 82.7 cm³/mol. The van der Waals surface area contributed by atoms with Gasteiger partial charge in [-0.15, -0.1) is 0 Å². The van der Waals surface area contributed by atoms with Crippen molar-refractivity contribution in [3.8, 4) is 5.75 Å². The van der Waals surface area contributed by atoms with E-state index in [1.807, 2.05) is 0 Å². The highest BCUT2D eigenvalue weighted by Gasteiger charge is 2.18. The molecule has 0 spiro atoms. The molecule has 0 radical (unpaired) electrons. The van der Waals surface area contributed by atoms with Crippen LogP contribution in [0.5, 0.6) is 5.75 Å². The molecule has 1 aromatic rings. The van der Waals surface area contributed by atoms with Gasteiger partial charge in [0.25, 0.3) is 0 Å². The Morgan fingerprint density at radius 3 is 2.24 bits per heavy atom. The number of hydrogen-bond acceptors (Lipinski definition) is 2. The second-order valence-corrected chi connectivity index (χ2v) is 6.01. The lowest BCUT2D eigenvalue weighted by molar-refractivity contribution is -0.121. The average Bonchev–Trinajstić information content (AvgIpc) is 2.40. The van der Waals surface area contributed by atoms with E-state index in [1.165, 1.54) is 12.1 Å². The van der Waals surface area contributed by atoms with Crippen molar-refractivity contribution >= 4 is 5.91 Å². The van der Waals surface area contributed by atoms with Crippen LogP contribution in [0.15, 0.2) is 24.3 Å². The standard InChI is InChI=1S/C17H26FNO2/c1-12(2)16(13(3)4)11-19-17(20)9-10-21-15-7-5-14(18)6-8-15/h5-8,12-13,16H,9-11H2,1-4H3,(H,19,20). The van der Waals surface area contributed by atoms with Crippen molar-refractivity contribution in [2.75, 3.05) is 13.2 Å². The first-order chi connectivity index (χ1) is 9.90. The van der Waals surface area contributed by atoms with Gasteiger partial charge < -0.3 is 10.1 Å². The van der Waals surface area contributed by atoms with Gasteiger partial charge in [0.2, 0.25) is 5.91 Å². The van der Waals surface area contributed by atoms with Crippen molar-refractivity contribution in [1.29, 1.82) is 0 Å². The maximum absolute atomic E-state index is 12.7. The zero-order valence-electron chi connectivity index (χ0n) is 13.4. The number of nitrogens with one attached hydrogen (secondary N) is 1. The average molecular weight is 295 g/mol. The maximum atomic E-state index is 12.7. The van der Waals surface area contributed by atoms with Crippen LogP contribution in [0.25, 0.3) is 0 Å². The van der Waals surface area contributed by atoms with Gasteiger partial charge in [-0.05, 0) is 42.0 Å². The van der Waals surface area contributed by atoms with E-state index in [0.29, 0.717) is 43.1 Å². The number of halogens is 1. The van der Waals surface area contributed by atoms with Gasteiger partial charge in [0.05, 0.1) is 13.0 Å². The molecule has 0 aliphatic heterocycles. The molecule has 1 rings (SSSR count). The van der Waals surface area contributed by atoms with Gasteiger partial charge in [-0.25, -0.2) is 4.39 Å². The molecule has 0 atom stereocenters. The highest BCUT2D eigenvalue weighted by molar-refractivity contribution is 5.75. The van der Waals surface area contributed by atoms with E-state index in [-0.39, 0.29) is 11.7 Å². The molecule has 1 N–H and O–H groups in total. The summed E-state index contributed by atoms with van der Waals surface area (Å²) < 4.78 is 18.1. The van der Waals surface area contributed by atoms with Crippen LogP contribution in [-0.4, -0.2) is 19.1 Å². The first-order valence-corrected chi connectivity index (χ1v) is 7.55. The van der Waals surface area contributed by atoms with E-state index >= 15 is 0 Å². The number of rotatable bonds is 8. The topological polar surface area (TPSA) is 38.3 Å². The SMILES string of the molecule is CC(C)C(CNC(=O)CCOc1ccc(F)cc1)C(C)C. The number of ether oxygens (including phenoxy) is 1. The molecule has 0 saturated heterocycles. The van der Waals surface area contributed by atoms with E-state index in [2.05, 4.69) is 33.0 Å². The number of carbonyl (C=O) groups is 1. The van der Waals surface area contributed by atoms with Crippen molar-refractivity contribution in [1.82, 2.24) is 5.32 Å². The number of hydrogen-bond donors (Lipinski definition) is 1. The minimum absolute atomic E-state index is 0.0107. The molecule has 4 heteroatoms. The van der Waals surface area contributed by atoms with Crippen molar-refractivity contribution in [2.24, 2.45) is 17.8 Å². The van der Waals surface area contributed by atoms with Crippen LogP contribution in [0.3, 0.4) is 0 Å². The molecular weight excluding hydrogens is 269 g/mol. The van der Waals surface area contributed by atoms with E-state index in [9.17, 15) is 9.18 Å². The lowest BCUT2D eigenvalue weighted by Gasteiger charge is -2.25. The van der Waals surface area contributed by atoms with Crippen LogP contribution in [0.4, 0.5) is 4.39 Å². The minimum Gasteiger partial charge on any atom is -0.493 e.